The molecule has 21 heavy (non-hydrogen) atoms. The fourth-order valence-electron chi connectivity index (χ4n) is 1.60. The highest BCUT2D eigenvalue weighted by Crippen LogP contribution is 2.15. The number of hydrogen-bond acceptors (Lipinski definition) is 6. The maximum atomic E-state index is 13.3. The SMILES string of the molecule is CCCn1nnnc1COC(=O)COc1ccccc1F. The topological polar surface area (TPSA) is 79.1 Å². The van der Waals surface area contributed by atoms with Gasteiger partial charge in [-0.15, -0.1) is 5.10 Å². The van der Waals surface area contributed by atoms with Crippen LogP contribution in [0, 0.1) is 5.82 Å². The van der Waals surface area contributed by atoms with Crippen molar-refractivity contribution < 1.29 is 18.7 Å². The summed E-state index contributed by atoms with van der Waals surface area (Å²) in [6.45, 7) is 2.20. The van der Waals surface area contributed by atoms with Crippen LogP contribution < -0.4 is 4.74 Å². The smallest absolute Gasteiger partial charge is 0.344 e. The Kier molecular flexibility index (Phi) is 5.19. The summed E-state index contributed by atoms with van der Waals surface area (Å²) in [5.41, 5.74) is 0. The molecule has 0 fully saturated rings. The molecule has 8 heteroatoms. The van der Waals surface area contributed by atoms with Gasteiger partial charge in [0.05, 0.1) is 0 Å². The Morgan fingerprint density at radius 2 is 2.19 bits per heavy atom. The predicted molar refractivity (Wildman–Crippen MR) is 69.8 cm³/mol. The van der Waals surface area contributed by atoms with Crippen LogP contribution in [0.15, 0.2) is 24.3 Å². The number of nitrogens with zero attached hydrogens (tertiary/aromatic N) is 4. The van der Waals surface area contributed by atoms with E-state index < -0.39 is 11.8 Å². The van der Waals surface area contributed by atoms with Crippen molar-refractivity contribution in [3.8, 4) is 5.75 Å². The van der Waals surface area contributed by atoms with Gasteiger partial charge in [0.2, 0.25) is 0 Å². The average Bonchev–Trinajstić information content (AvgIpc) is 2.92. The largest absolute Gasteiger partial charge is 0.479 e. The van der Waals surface area contributed by atoms with Crippen molar-refractivity contribution in [2.75, 3.05) is 6.61 Å². The van der Waals surface area contributed by atoms with Crippen molar-refractivity contribution in [1.29, 1.82) is 0 Å². The van der Waals surface area contributed by atoms with Crippen LogP contribution in [0.1, 0.15) is 19.2 Å². The Hall–Kier alpha value is -2.51. The Morgan fingerprint density at radius 1 is 1.38 bits per heavy atom. The molecule has 0 N–H and O–H groups in total. The van der Waals surface area contributed by atoms with Crippen LogP contribution in [0.2, 0.25) is 0 Å². The number of ether oxygens (including phenoxy) is 2. The second kappa shape index (κ2) is 7.32. The zero-order valence-electron chi connectivity index (χ0n) is 11.5. The lowest BCUT2D eigenvalue weighted by atomic mass is 10.3. The lowest BCUT2D eigenvalue weighted by Crippen LogP contribution is -2.17. The molecule has 0 saturated carbocycles. The molecule has 0 saturated heterocycles. The third kappa shape index (κ3) is 4.23. The summed E-state index contributed by atoms with van der Waals surface area (Å²) in [5, 5.41) is 11.1. The fraction of sp³-hybridized carbons (Fsp3) is 0.385. The van der Waals surface area contributed by atoms with E-state index in [0.717, 1.165) is 6.42 Å². The number of rotatable bonds is 7. The van der Waals surface area contributed by atoms with Crippen molar-refractivity contribution in [1.82, 2.24) is 20.2 Å². The molecule has 0 bridgehead atoms. The van der Waals surface area contributed by atoms with Gasteiger partial charge in [-0.3, -0.25) is 0 Å². The Labute approximate surface area is 120 Å². The number of aromatic nitrogens is 4. The van der Waals surface area contributed by atoms with Gasteiger partial charge < -0.3 is 9.47 Å². The van der Waals surface area contributed by atoms with Gasteiger partial charge in [-0.2, -0.15) is 0 Å². The number of esters is 1. The molecule has 0 unspecified atom stereocenters. The molecular weight excluding hydrogens is 279 g/mol. The molecule has 1 aromatic heterocycles. The number of aryl methyl sites for hydroxylation is 1. The van der Waals surface area contributed by atoms with Crippen LogP contribution in [-0.4, -0.2) is 32.8 Å². The third-order valence-corrected chi connectivity index (χ3v) is 2.59. The lowest BCUT2D eigenvalue weighted by Gasteiger charge is -2.07. The number of para-hydroxylation sites is 1. The van der Waals surface area contributed by atoms with Crippen LogP contribution in [0.4, 0.5) is 4.39 Å². The highest BCUT2D eigenvalue weighted by Gasteiger charge is 2.11. The number of carbonyl (C=O) groups excluding carboxylic acids is 1. The van der Waals surface area contributed by atoms with E-state index in [1.54, 1.807) is 10.7 Å². The van der Waals surface area contributed by atoms with E-state index in [1.807, 2.05) is 6.92 Å². The Balaban J connectivity index is 1.80. The van der Waals surface area contributed by atoms with Gasteiger partial charge in [0, 0.05) is 6.54 Å². The second-order valence-corrected chi connectivity index (χ2v) is 4.20. The standard InChI is InChI=1S/C13H15FN4O3/c1-2-7-18-12(15-16-17-18)8-21-13(19)9-20-11-6-4-3-5-10(11)14/h3-6H,2,7-9H2,1H3. The first-order chi connectivity index (χ1) is 10.2. The van der Waals surface area contributed by atoms with E-state index in [9.17, 15) is 9.18 Å². The maximum absolute atomic E-state index is 13.3. The first-order valence-electron chi connectivity index (χ1n) is 6.48. The van der Waals surface area contributed by atoms with Crippen molar-refractivity contribution in [3.63, 3.8) is 0 Å². The number of hydrogen-bond donors (Lipinski definition) is 0. The van der Waals surface area contributed by atoms with Gasteiger partial charge >= 0.3 is 5.97 Å². The Morgan fingerprint density at radius 3 is 2.95 bits per heavy atom. The zero-order valence-corrected chi connectivity index (χ0v) is 11.5. The normalized spacial score (nSPS) is 10.4. The van der Waals surface area contributed by atoms with Crippen LogP contribution in [-0.2, 0) is 22.7 Å². The summed E-state index contributed by atoms with van der Waals surface area (Å²) in [7, 11) is 0. The summed E-state index contributed by atoms with van der Waals surface area (Å²) >= 11 is 0. The zero-order chi connectivity index (χ0) is 15.1. The molecule has 0 amide bonds. The van der Waals surface area contributed by atoms with E-state index in [-0.39, 0.29) is 19.0 Å². The summed E-state index contributed by atoms with van der Waals surface area (Å²) < 4.78 is 24.9. The van der Waals surface area contributed by atoms with Gasteiger partial charge in [-0.25, -0.2) is 13.9 Å². The minimum Gasteiger partial charge on any atom is -0.479 e. The molecule has 0 aliphatic rings. The minimum atomic E-state index is -0.621. The highest BCUT2D eigenvalue weighted by atomic mass is 19.1. The minimum absolute atomic E-state index is 0.00488. The van der Waals surface area contributed by atoms with Crippen molar-refractivity contribution >= 4 is 5.97 Å². The number of tetrazole rings is 1. The van der Waals surface area contributed by atoms with Gasteiger partial charge in [-0.05, 0) is 29.0 Å². The first kappa shape index (κ1) is 14.9. The first-order valence-corrected chi connectivity index (χ1v) is 6.48. The molecule has 2 rings (SSSR count). The fourth-order valence-corrected chi connectivity index (χ4v) is 1.60. The molecule has 7 nitrogen and oxygen atoms in total. The van der Waals surface area contributed by atoms with Gasteiger partial charge in [0.15, 0.2) is 30.6 Å². The summed E-state index contributed by atoms with van der Waals surface area (Å²) in [6.07, 6.45) is 0.863. The van der Waals surface area contributed by atoms with Crippen molar-refractivity contribution in [2.45, 2.75) is 26.5 Å². The number of benzene rings is 1. The molecule has 1 aromatic carbocycles. The van der Waals surface area contributed by atoms with Crippen molar-refractivity contribution in [2.24, 2.45) is 0 Å². The Bertz CT molecular complexity index is 603. The predicted octanol–water partition coefficient (Wildman–Crippen LogP) is 1.34. The third-order valence-electron chi connectivity index (χ3n) is 2.59. The molecule has 0 aliphatic heterocycles. The maximum Gasteiger partial charge on any atom is 0.344 e. The van der Waals surface area contributed by atoms with Crippen LogP contribution in [0.3, 0.4) is 0 Å². The van der Waals surface area contributed by atoms with Gasteiger partial charge in [-0.1, -0.05) is 19.1 Å². The molecular formula is C13H15FN4O3. The number of carbonyl (C=O) groups is 1. The summed E-state index contributed by atoms with van der Waals surface area (Å²) in [4.78, 5) is 11.5. The monoisotopic (exact) mass is 294 g/mol. The second-order valence-electron chi connectivity index (χ2n) is 4.20. The molecule has 0 atom stereocenters. The van der Waals surface area contributed by atoms with Crippen LogP contribution >= 0.6 is 0 Å². The highest BCUT2D eigenvalue weighted by molar-refractivity contribution is 5.71. The van der Waals surface area contributed by atoms with Gasteiger partial charge in [0.1, 0.15) is 0 Å². The van der Waals surface area contributed by atoms with E-state index in [1.165, 1.54) is 18.2 Å². The summed E-state index contributed by atoms with van der Waals surface area (Å²) in [6, 6.07) is 5.83. The van der Waals surface area contributed by atoms with Crippen LogP contribution in [0.5, 0.6) is 5.75 Å². The molecule has 0 spiro atoms. The van der Waals surface area contributed by atoms with E-state index in [0.29, 0.717) is 12.4 Å². The molecule has 112 valence electrons. The molecule has 1 heterocycles. The molecule has 0 radical (unpaired) electrons. The van der Waals surface area contributed by atoms with E-state index >= 15 is 0 Å². The van der Waals surface area contributed by atoms with Gasteiger partial charge in [0.25, 0.3) is 0 Å². The average molecular weight is 294 g/mol. The van der Waals surface area contributed by atoms with Crippen LogP contribution in [0.25, 0.3) is 0 Å². The lowest BCUT2D eigenvalue weighted by molar-refractivity contribution is -0.147. The quantitative estimate of drug-likeness (QED) is 0.717. The van der Waals surface area contributed by atoms with E-state index in [4.69, 9.17) is 9.47 Å². The van der Waals surface area contributed by atoms with E-state index in [2.05, 4.69) is 15.5 Å². The molecule has 0 aliphatic carbocycles. The number of halogens is 1. The van der Waals surface area contributed by atoms with Crippen molar-refractivity contribution in [3.05, 3.63) is 35.9 Å². The molecule has 2 aromatic rings. The summed E-state index contributed by atoms with van der Waals surface area (Å²) in [5.74, 6) is -0.692.